The second kappa shape index (κ2) is 14.2. The molecule has 3 rings (SSSR count). The van der Waals surface area contributed by atoms with Gasteiger partial charge >= 0.3 is 0 Å². The molecule has 1 heterocycles. The number of carbonyl (C=O) groups excluding carboxylic acids is 2. The fourth-order valence-electron chi connectivity index (χ4n) is 4.50. The third kappa shape index (κ3) is 8.51. The average Bonchev–Trinajstić information content (AvgIpc) is 2.93. The van der Waals surface area contributed by atoms with E-state index in [4.69, 9.17) is 14.2 Å². The van der Waals surface area contributed by atoms with Crippen LogP contribution in [0.3, 0.4) is 0 Å². The molecule has 1 aliphatic heterocycles. The Kier molecular flexibility index (Phi) is 11.1. The van der Waals surface area contributed by atoms with Crippen LogP contribution in [0.15, 0.2) is 42.5 Å². The molecule has 0 saturated carbocycles. The van der Waals surface area contributed by atoms with Crippen LogP contribution in [-0.4, -0.2) is 70.8 Å². The predicted octanol–water partition coefficient (Wildman–Crippen LogP) is 3.59. The Morgan fingerprint density at radius 2 is 1.80 bits per heavy atom. The summed E-state index contributed by atoms with van der Waals surface area (Å²) in [6.45, 7) is 7.54. The standard InChI is InChI=1S/C29H41N3O7S/c1-6-25(29(34)30-19-21(2)3)31(20-22-9-7-10-24(17-22)37-4)28(33)11-8-14-32(40(5,35)36)23-12-13-26-27(18-23)39-16-15-38-26/h7,9-10,12-13,17-18,21,25H,6,8,11,14-16,19-20H2,1-5H3,(H,30,34). The molecule has 0 aliphatic carbocycles. The number of nitrogens with one attached hydrogen (secondary N) is 1. The van der Waals surface area contributed by atoms with Gasteiger partial charge in [-0.15, -0.1) is 0 Å². The summed E-state index contributed by atoms with van der Waals surface area (Å²) in [5.74, 6) is 1.53. The van der Waals surface area contributed by atoms with Gasteiger partial charge in [-0.25, -0.2) is 8.42 Å². The molecular formula is C29H41N3O7S. The van der Waals surface area contributed by atoms with Crippen LogP contribution in [0.25, 0.3) is 0 Å². The number of benzene rings is 2. The van der Waals surface area contributed by atoms with E-state index in [0.29, 0.717) is 49.1 Å². The van der Waals surface area contributed by atoms with Crippen molar-refractivity contribution < 1.29 is 32.2 Å². The van der Waals surface area contributed by atoms with Crippen molar-refractivity contribution in [3.05, 3.63) is 48.0 Å². The monoisotopic (exact) mass is 575 g/mol. The molecule has 1 unspecified atom stereocenters. The van der Waals surface area contributed by atoms with E-state index >= 15 is 0 Å². The van der Waals surface area contributed by atoms with E-state index in [1.54, 1.807) is 30.2 Å². The van der Waals surface area contributed by atoms with Crippen LogP contribution in [-0.2, 0) is 26.2 Å². The average molecular weight is 576 g/mol. The highest BCUT2D eigenvalue weighted by Crippen LogP contribution is 2.34. The summed E-state index contributed by atoms with van der Waals surface area (Å²) in [6.07, 6.45) is 1.90. The van der Waals surface area contributed by atoms with Gasteiger partial charge in [0.15, 0.2) is 11.5 Å². The van der Waals surface area contributed by atoms with Gasteiger partial charge in [-0.1, -0.05) is 32.9 Å². The van der Waals surface area contributed by atoms with Crippen molar-refractivity contribution >= 4 is 27.5 Å². The molecule has 0 aromatic heterocycles. The number of fused-ring (bicyclic) bond motifs is 1. The minimum Gasteiger partial charge on any atom is -0.497 e. The van der Waals surface area contributed by atoms with Gasteiger partial charge in [0.25, 0.3) is 0 Å². The van der Waals surface area contributed by atoms with Gasteiger partial charge in [-0.05, 0) is 48.6 Å². The number of methoxy groups -OCH3 is 1. The summed E-state index contributed by atoms with van der Waals surface area (Å²) in [5.41, 5.74) is 1.27. The van der Waals surface area contributed by atoms with Crippen LogP contribution in [0, 0.1) is 5.92 Å². The maximum absolute atomic E-state index is 13.6. The Balaban J connectivity index is 1.77. The lowest BCUT2D eigenvalue weighted by atomic mass is 10.1. The molecule has 2 amide bonds. The summed E-state index contributed by atoms with van der Waals surface area (Å²) in [6, 6.07) is 11.7. The van der Waals surface area contributed by atoms with E-state index in [1.807, 2.05) is 45.0 Å². The van der Waals surface area contributed by atoms with Crippen LogP contribution in [0.4, 0.5) is 5.69 Å². The SMILES string of the molecule is CCC(C(=O)NCC(C)C)N(Cc1cccc(OC)c1)C(=O)CCCN(c1ccc2c(c1)OCCO2)S(C)(=O)=O. The molecule has 0 saturated heterocycles. The molecule has 10 nitrogen and oxygen atoms in total. The highest BCUT2D eigenvalue weighted by Gasteiger charge is 2.29. The number of ether oxygens (including phenoxy) is 3. The van der Waals surface area contributed by atoms with Crippen molar-refractivity contribution in [2.24, 2.45) is 5.92 Å². The number of hydrogen-bond acceptors (Lipinski definition) is 7. The third-order valence-corrected chi connectivity index (χ3v) is 7.72. The molecule has 11 heteroatoms. The first-order chi connectivity index (χ1) is 19.0. The Hall–Kier alpha value is -3.47. The number of sulfonamides is 1. The Bertz CT molecular complexity index is 1270. The smallest absolute Gasteiger partial charge is 0.242 e. The largest absolute Gasteiger partial charge is 0.497 e. The fraction of sp³-hybridized carbons (Fsp3) is 0.517. The summed E-state index contributed by atoms with van der Waals surface area (Å²) in [4.78, 5) is 28.3. The van der Waals surface area contributed by atoms with Crippen molar-refractivity contribution in [2.75, 3.05) is 44.0 Å². The van der Waals surface area contributed by atoms with Gasteiger partial charge in [0.05, 0.1) is 19.1 Å². The third-order valence-electron chi connectivity index (χ3n) is 6.52. The first-order valence-electron chi connectivity index (χ1n) is 13.6. The van der Waals surface area contributed by atoms with E-state index in [-0.39, 0.29) is 43.7 Å². The lowest BCUT2D eigenvalue weighted by Gasteiger charge is -2.31. The van der Waals surface area contributed by atoms with E-state index in [0.717, 1.165) is 11.8 Å². The molecule has 0 fully saturated rings. The summed E-state index contributed by atoms with van der Waals surface area (Å²) >= 11 is 0. The second-order valence-corrected chi connectivity index (χ2v) is 12.1. The molecule has 1 N–H and O–H groups in total. The van der Waals surface area contributed by atoms with Crippen molar-refractivity contribution in [3.8, 4) is 17.2 Å². The zero-order chi connectivity index (χ0) is 29.3. The van der Waals surface area contributed by atoms with Crippen molar-refractivity contribution in [3.63, 3.8) is 0 Å². The predicted molar refractivity (Wildman–Crippen MR) is 154 cm³/mol. The Morgan fingerprint density at radius 1 is 1.07 bits per heavy atom. The zero-order valence-electron chi connectivity index (χ0n) is 24.0. The summed E-state index contributed by atoms with van der Waals surface area (Å²) < 4.78 is 43.1. The van der Waals surface area contributed by atoms with E-state index < -0.39 is 16.1 Å². The molecule has 220 valence electrons. The lowest BCUT2D eigenvalue weighted by Crippen LogP contribution is -2.49. The fourth-order valence-corrected chi connectivity index (χ4v) is 5.46. The molecule has 40 heavy (non-hydrogen) atoms. The van der Waals surface area contributed by atoms with Gasteiger partial charge in [-0.2, -0.15) is 0 Å². The van der Waals surface area contributed by atoms with E-state index in [1.165, 1.54) is 4.31 Å². The maximum atomic E-state index is 13.6. The molecule has 0 spiro atoms. The lowest BCUT2D eigenvalue weighted by molar-refractivity contribution is -0.141. The highest BCUT2D eigenvalue weighted by atomic mass is 32.2. The second-order valence-electron chi connectivity index (χ2n) is 10.2. The van der Waals surface area contributed by atoms with Crippen LogP contribution in [0.2, 0.25) is 0 Å². The van der Waals surface area contributed by atoms with Gasteiger partial charge in [0.1, 0.15) is 25.0 Å². The van der Waals surface area contributed by atoms with Crippen LogP contribution in [0.1, 0.15) is 45.6 Å². The first kappa shape index (κ1) is 31.1. The number of rotatable bonds is 14. The Labute approximate surface area is 237 Å². The number of amides is 2. The molecule has 2 aromatic carbocycles. The first-order valence-corrected chi connectivity index (χ1v) is 15.5. The minimum absolute atomic E-state index is 0.0640. The zero-order valence-corrected chi connectivity index (χ0v) is 24.8. The maximum Gasteiger partial charge on any atom is 0.242 e. The number of nitrogens with zero attached hydrogens (tertiary/aromatic N) is 2. The van der Waals surface area contributed by atoms with Crippen LogP contribution < -0.4 is 23.8 Å². The van der Waals surface area contributed by atoms with Crippen LogP contribution in [0.5, 0.6) is 17.2 Å². The molecular weight excluding hydrogens is 534 g/mol. The van der Waals surface area contributed by atoms with Crippen molar-refractivity contribution in [1.29, 1.82) is 0 Å². The van der Waals surface area contributed by atoms with Gasteiger partial charge in [0.2, 0.25) is 21.8 Å². The van der Waals surface area contributed by atoms with Crippen LogP contribution >= 0.6 is 0 Å². The normalized spacial score (nSPS) is 13.4. The van der Waals surface area contributed by atoms with Gasteiger partial charge < -0.3 is 24.4 Å². The minimum atomic E-state index is -3.63. The summed E-state index contributed by atoms with van der Waals surface area (Å²) in [5, 5.41) is 2.95. The van der Waals surface area contributed by atoms with Crippen molar-refractivity contribution in [1.82, 2.24) is 10.2 Å². The molecule has 2 aromatic rings. The topological polar surface area (TPSA) is 114 Å². The van der Waals surface area contributed by atoms with Crippen molar-refractivity contribution in [2.45, 2.75) is 52.6 Å². The number of carbonyl (C=O) groups is 2. The molecule has 0 bridgehead atoms. The Morgan fingerprint density at radius 3 is 2.45 bits per heavy atom. The molecule has 1 aliphatic rings. The number of hydrogen-bond donors (Lipinski definition) is 1. The highest BCUT2D eigenvalue weighted by molar-refractivity contribution is 7.92. The van der Waals surface area contributed by atoms with E-state index in [2.05, 4.69) is 5.32 Å². The van der Waals surface area contributed by atoms with Gasteiger partial charge in [-0.3, -0.25) is 13.9 Å². The summed E-state index contributed by atoms with van der Waals surface area (Å²) in [7, 11) is -2.06. The van der Waals surface area contributed by atoms with E-state index in [9.17, 15) is 18.0 Å². The van der Waals surface area contributed by atoms with Gasteiger partial charge in [0, 0.05) is 32.1 Å². The quantitative estimate of drug-likeness (QED) is 0.366. The molecule has 1 atom stereocenters. The molecule has 0 radical (unpaired) electrons. The number of anilines is 1.